The third-order valence-electron chi connectivity index (χ3n) is 3.47. The third kappa shape index (κ3) is 2.56. The number of piperidine rings is 1. The molecule has 0 radical (unpaired) electrons. The van der Waals surface area contributed by atoms with Crippen LogP contribution in [0, 0.1) is 0 Å². The summed E-state index contributed by atoms with van der Waals surface area (Å²) in [7, 11) is 0. The standard InChI is InChI=1S/C13H18N2O3/c14-11-3-4-12(10(6-11)8-16)9-2-1-5-15(7-9)13(17)18/h3-4,6,9,16H,1-2,5,7-8,14H2,(H,17,18). The maximum absolute atomic E-state index is 11.0. The molecular formula is C13H18N2O3. The van der Waals surface area contributed by atoms with E-state index in [2.05, 4.69) is 0 Å². The van der Waals surface area contributed by atoms with Crippen molar-refractivity contribution in [2.24, 2.45) is 0 Å². The average molecular weight is 250 g/mol. The fourth-order valence-corrected chi connectivity index (χ4v) is 2.57. The molecule has 1 atom stereocenters. The lowest BCUT2D eigenvalue weighted by atomic mass is 9.87. The van der Waals surface area contributed by atoms with Crippen molar-refractivity contribution in [1.82, 2.24) is 4.90 Å². The van der Waals surface area contributed by atoms with Crippen molar-refractivity contribution in [2.45, 2.75) is 25.4 Å². The van der Waals surface area contributed by atoms with Crippen LogP contribution in [0.5, 0.6) is 0 Å². The molecule has 1 amide bonds. The van der Waals surface area contributed by atoms with Gasteiger partial charge in [0.05, 0.1) is 6.61 Å². The Kier molecular flexibility index (Phi) is 3.72. The highest BCUT2D eigenvalue weighted by Gasteiger charge is 2.25. The molecule has 0 bridgehead atoms. The molecular weight excluding hydrogens is 232 g/mol. The van der Waals surface area contributed by atoms with Crippen molar-refractivity contribution in [2.75, 3.05) is 18.8 Å². The van der Waals surface area contributed by atoms with Crippen LogP contribution in [0.25, 0.3) is 0 Å². The minimum Gasteiger partial charge on any atom is -0.465 e. The lowest BCUT2D eigenvalue weighted by Crippen LogP contribution is -2.38. The molecule has 0 aliphatic carbocycles. The highest BCUT2D eigenvalue weighted by atomic mass is 16.4. The van der Waals surface area contributed by atoms with Crippen LogP contribution < -0.4 is 5.73 Å². The van der Waals surface area contributed by atoms with Gasteiger partial charge >= 0.3 is 6.09 Å². The van der Waals surface area contributed by atoms with E-state index >= 15 is 0 Å². The molecule has 5 heteroatoms. The fraction of sp³-hybridized carbons (Fsp3) is 0.462. The van der Waals surface area contributed by atoms with E-state index in [1.54, 1.807) is 12.1 Å². The summed E-state index contributed by atoms with van der Waals surface area (Å²) in [6.07, 6.45) is 0.924. The quantitative estimate of drug-likeness (QED) is 0.696. The molecule has 98 valence electrons. The number of anilines is 1. The van der Waals surface area contributed by atoms with Crippen LogP contribution in [0.1, 0.15) is 29.9 Å². The number of rotatable bonds is 2. The number of aliphatic hydroxyl groups excluding tert-OH is 1. The molecule has 0 aromatic heterocycles. The maximum Gasteiger partial charge on any atom is 0.407 e. The molecule has 1 saturated heterocycles. The highest BCUT2D eigenvalue weighted by molar-refractivity contribution is 5.65. The van der Waals surface area contributed by atoms with Gasteiger partial charge in [-0.15, -0.1) is 0 Å². The number of hydrogen-bond acceptors (Lipinski definition) is 3. The topological polar surface area (TPSA) is 86.8 Å². The number of carbonyl (C=O) groups is 1. The maximum atomic E-state index is 11.0. The van der Waals surface area contributed by atoms with Crippen molar-refractivity contribution in [1.29, 1.82) is 0 Å². The first kappa shape index (κ1) is 12.7. The molecule has 1 unspecified atom stereocenters. The van der Waals surface area contributed by atoms with Crippen LogP contribution in [-0.4, -0.2) is 34.3 Å². The Morgan fingerprint density at radius 3 is 2.94 bits per heavy atom. The van der Waals surface area contributed by atoms with E-state index in [1.807, 2.05) is 6.07 Å². The van der Waals surface area contributed by atoms with Crippen LogP contribution in [0.3, 0.4) is 0 Å². The van der Waals surface area contributed by atoms with E-state index in [0.717, 1.165) is 24.0 Å². The third-order valence-corrected chi connectivity index (χ3v) is 3.47. The second-order valence-electron chi connectivity index (χ2n) is 4.68. The summed E-state index contributed by atoms with van der Waals surface area (Å²) in [4.78, 5) is 12.4. The number of carboxylic acid groups (broad SMARTS) is 1. The number of nitrogens with two attached hydrogens (primary N) is 1. The number of hydrogen-bond donors (Lipinski definition) is 3. The first-order chi connectivity index (χ1) is 8.61. The first-order valence-corrected chi connectivity index (χ1v) is 6.09. The number of likely N-dealkylation sites (tertiary alicyclic amines) is 1. The largest absolute Gasteiger partial charge is 0.465 e. The van der Waals surface area contributed by atoms with Crippen molar-refractivity contribution < 1.29 is 15.0 Å². The van der Waals surface area contributed by atoms with Gasteiger partial charge in [0.1, 0.15) is 0 Å². The van der Waals surface area contributed by atoms with E-state index in [9.17, 15) is 9.90 Å². The summed E-state index contributed by atoms with van der Waals surface area (Å²) in [6.45, 7) is 1.02. The van der Waals surface area contributed by atoms with Crippen LogP contribution in [0.15, 0.2) is 18.2 Å². The van der Waals surface area contributed by atoms with Gasteiger partial charge in [0, 0.05) is 24.7 Å². The Morgan fingerprint density at radius 1 is 1.50 bits per heavy atom. The van der Waals surface area contributed by atoms with Gasteiger partial charge in [0.25, 0.3) is 0 Å². The Balaban J connectivity index is 2.22. The summed E-state index contributed by atoms with van der Waals surface area (Å²) in [5.74, 6) is 0.151. The number of benzene rings is 1. The summed E-state index contributed by atoms with van der Waals surface area (Å²) in [6, 6.07) is 5.46. The molecule has 1 aliphatic heterocycles. The zero-order valence-electron chi connectivity index (χ0n) is 10.2. The summed E-state index contributed by atoms with van der Waals surface area (Å²) in [5.41, 5.74) is 8.12. The predicted octanol–water partition coefficient (Wildman–Crippen LogP) is 1.62. The Hall–Kier alpha value is -1.75. The monoisotopic (exact) mass is 250 g/mol. The second-order valence-corrected chi connectivity index (χ2v) is 4.68. The molecule has 0 spiro atoms. The molecule has 1 fully saturated rings. The zero-order valence-corrected chi connectivity index (χ0v) is 10.2. The lowest BCUT2D eigenvalue weighted by Gasteiger charge is -2.32. The van der Waals surface area contributed by atoms with E-state index in [1.165, 1.54) is 4.90 Å². The molecule has 4 N–H and O–H groups in total. The van der Waals surface area contributed by atoms with Crippen LogP contribution in [-0.2, 0) is 6.61 Å². The van der Waals surface area contributed by atoms with E-state index < -0.39 is 6.09 Å². The number of nitrogens with zero attached hydrogens (tertiary/aromatic N) is 1. The van der Waals surface area contributed by atoms with Gasteiger partial charge in [0.15, 0.2) is 0 Å². The smallest absolute Gasteiger partial charge is 0.407 e. The fourth-order valence-electron chi connectivity index (χ4n) is 2.57. The SMILES string of the molecule is Nc1ccc(C2CCCN(C(=O)O)C2)c(CO)c1. The number of aliphatic hydroxyl groups is 1. The Labute approximate surface area is 106 Å². The molecule has 2 rings (SSSR count). The number of nitrogen functional groups attached to an aromatic ring is 1. The summed E-state index contributed by atoms with van der Waals surface area (Å²) < 4.78 is 0. The normalized spacial score (nSPS) is 19.8. The Bertz CT molecular complexity index is 448. The predicted molar refractivity (Wildman–Crippen MR) is 68.4 cm³/mol. The average Bonchev–Trinajstić information content (AvgIpc) is 2.38. The van der Waals surface area contributed by atoms with Gasteiger partial charge in [-0.3, -0.25) is 0 Å². The first-order valence-electron chi connectivity index (χ1n) is 6.09. The Morgan fingerprint density at radius 2 is 2.28 bits per heavy atom. The van der Waals surface area contributed by atoms with Gasteiger partial charge < -0.3 is 20.8 Å². The highest BCUT2D eigenvalue weighted by Crippen LogP contribution is 2.30. The van der Waals surface area contributed by atoms with Gasteiger partial charge in [-0.1, -0.05) is 6.07 Å². The zero-order chi connectivity index (χ0) is 13.1. The molecule has 5 nitrogen and oxygen atoms in total. The van der Waals surface area contributed by atoms with Crippen molar-refractivity contribution in [3.63, 3.8) is 0 Å². The van der Waals surface area contributed by atoms with E-state index in [-0.39, 0.29) is 12.5 Å². The summed E-state index contributed by atoms with van der Waals surface area (Å²) >= 11 is 0. The van der Waals surface area contributed by atoms with Gasteiger partial charge in [-0.25, -0.2) is 4.79 Å². The van der Waals surface area contributed by atoms with Crippen LogP contribution in [0.4, 0.5) is 10.5 Å². The molecule has 0 saturated carbocycles. The van der Waals surface area contributed by atoms with Gasteiger partial charge in [-0.05, 0) is 36.1 Å². The molecule has 1 aromatic carbocycles. The van der Waals surface area contributed by atoms with Crippen molar-refractivity contribution >= 4 is 11.8 Å². The molecule has 18 heavy (non-hydrogen) atoms. The van der Waals surface area contributed by atoms with Crippen molar-refractivity contribution in [3.05, 3.63) is 29.3 Å². The molecule has 1 aliphatic rings. The minimum absolute atomic E-state index is 0.0655. The van der Waals surface area contributed by atoms with E-state index in [0.29, 0.717) is 18.8 Å². The van der Waals surface area contributed by atoms with Crippen molar-refractivity contribution in [3.8, 4) is 0 Å². The number of amides is 1. The van der Waals surface area contributed by atoms with Crippen LogP contribution in [0.2, 0.25) is 0 Å². The van der Waals surface area contributed by atoms with Crippen LogP contribution >= 0.6 is 0 Å². The molecule has 1 heterocycles. The molecule has 1 aromatic rings. The van der Waals surface area contributed by atoms with Gasteiger partial charge in [0.2, 0.25) is 0 Å². The van der Waals surface area contributed by atoms with Gasteiger partial charge in [-0.2, -0.15) is 0 Å². The summed E-state index contributed by atoms with van der Waals surface area (Å²) in [5, 5.41) is 18.4. The second kappa shape index (κ2) is 5.27. The minimum atomic E-state index is -0.874. The lowest BCUT2D eigenvalue weighted by molar-refractivity contribution is 0.130. The van der Waals surface area contributed by atoms with E-state index in [4.69, 9.17) is 10.8 Å².